The van der Waals surface area contributed by atoms with E-state index in [9.17, 15) is 0 Å². The van der Waals surface area contributed by atoms with Crippen molar-refractivity contribution in [1.82, 2.24) is 9.55 Å². The number of halogens is 1. The Hall–Kier alpha value is -1.81. The van der Waals surface area contributed by atoms with Crippen molar-refractivity contribution in [1.29, 1.82) is 0 Å². The summed E-state index contributed by atoms with van der Waals surface area (Å²) in [6.45, 7) is 2.07. The molecule has 0 fully saturated rings. The third-order valence-corrected chi connectivity index (χ3v) is 3.79. The molecule has 1 heterocycles. The topological polar surface area (TPSA) is 43.8 Å². The summed E-state index contributed by atoms with van der Waals surface area (Å²) < 4.78 is 3.08. The van der Waals surface area contributed by atoms with Gasteiger partial charge in [-0.3, -0.25) is 0 Å². The summed E-state index contributed by atoms with van der Waals surface area (Å²) in [5, 5.41) is 0. The maximum absolute atomic E-state index is 6.07. The molecule has 0 spiro atoms. The van der Waals surface area contributed by atoms with Gasteiger partial charge in [0.1, 0.15) is 5.82 Å². The van der Waals surface area contributed by atoms with Gasteiger partial charge in [-0.2, -0.15) is 0 Å². The number of anilines is 1. The van der Waals surface area contributed by atoms with Gasteiger partial charge in [-0.1, -0.05) is 22.0 Å². The zero-order valence-electron chi connectivity index (χ0n) is 10.8. The fraction of sp³-hybridized carbons (Fsp3) is 0.133. The number of aryl methyl sites for hydroxylation is 2. The van der Waals surface area contributed by atoms with Crippen LogP contribution in [0.15, 0.2) is 40.9 Å². The Kier molecular flexibility index (Phi) is 2.82. The minimum absolute atomic E-state index is 0.735. The molecule has 19 heavy (non-hydrogen) atoms. The van der Waals surface area contributed by atoms with Gasteiger partial charge in [-0.05, 0) is 42.8 Å². The van der Waals surface area contributed by atoms with Crippen LogP contribution < -0.4 is 5.73 Å². The van der Waals surface area contributed by atoms with Crippen molar-refractivity contribution in [3.8, 4) is 11.4 Å². The van der Waals surface area contributed by atoms with Crippen LogP contribution in [0.1, 0.15) is 5.56 Å². The molecule has 0 amide bonds. The average molecular weight is 316 g/mol. The molecule has 0 aliphatic heterocycles. The lowest BCUT2D eigenvalue weighted by Gasteiger charge is -2.06. The Bertz CT molecular complexity index is 774. The summed E-state index contributed by atoms with van der Waals surface area (Å²) in [6.07, 6.45) is 0. The first kappa shape index (κ1) is 12.2. The number of nitrogens with zero attached hydrogens (tertiary/aromatic N) is 2. The predicted molar refractivity (Wildman–Crippen MR) is 83.0 cm³/mol. The highest BCUT2D eigenvalue weighted by molar-refractivity contribution is 9.10. The first-order chi connectivity index (χ1) is 9.06. The Labute approximate surface area is 120 Å². The number of fused-ring (bicyclic) bond motifs is 1. The van der Waals surface area contributed by atoms with Gasteiger partial charge < -0.3 is 10.3 Å². The van der Waals surface area contributed by atoms with E-state index < -0.39 is 0 Å². The fourth-order valence-corrected chi connectivity index (χ4v) is 2.63. The van der Waals surface area contributed by atoms with Crippen LogP contribution in [0, 0.1) is 6.92 Å². The van der Waals surface area contributed by atoms with E-state index in [-0.39, 0.29) is 0 Å². The van der Waals surface area contributed by atoms with Crippen molar-refractivity contribution in [3.05, 3.63) is 46.4 Å². The van der Waals surface area contributed by atoms with E-state index in [1.807, 2.05) is 25.2 Å². The molecular weight excluding hydrogens is 302 g/mol. The van der Waals surface area contributed by atoms with Crippen LogP contribution in [0.5, 0.6) is 0 Å². The molecule has 0 aliphatic carbocycles. The van der Waals surface area contributed by atoms with Gasteiger partial charge in [0.2, 0.25) is 0 Å². The molecule has 0 aliphatic rings. The molecule has 0 unspecified atom stereocenters. The third kappa shape index (κ3) is 2.02. The Morgan fingerprint density at radius 3 is 2.74 bits per heavy atom. The summed E-state index contributed by atoms with van der Waals surface area (Å²) in [5.41, 5.74) is 11.1. The smallest absolute Gasteiger partial charge is 0.142 e. The molecule has 96 valence electrons. The number of rotatable bonds is 1. The summed E-state index contributed by atoms with van der Waals surface area (Å²) in [6, 6.07) is 12.1. The van der Waals surface area contributed by atoms with Gasteiger partial charge in [-0.25, -0.2) is 4.98 Å². The Morgan fingerprint density at radius 1 is 1.16 bits per heavy atom. The number of hydrogen-bond donors (Lipinski definition) is 1. The third-order valence-electron chi connectivity index (χ3n) is 3.29. The predicted octanol–water partition coefficient (Wildman–Crippen LogP) is 3.89. The fourth-order valence-electron chi connectivity index (χ4n) is 2.27. The van der Waals surface area contributed by atoms with E-state index in [0.717, 1.165) is 32.6 Å². The van der Waals surface area contributed by atoms with E-state index in [1.54, 1.807) is 0 Å². The minimum atomic E-state index is 0.735. The summed E-state index contributed by atoms with van der Waals surface area (Å²) in [4.78, 5) is 4.71. The maximum Gasteiger partial charge on any atom is 0.142 e. The number of nitrogen functional groups attached to an aromatic ring is 1. The molecule has 0 radical (unpaired) electrons. The van der Waals surface area contributed by atoms with E-state index in [0.29, 0.717) is 0 Å². The molecule has 0 saturated carbocycles. The van der Waals surface area contributed by atoms with Crippen LogP contribution in [-0.4, -0.2) is 9.55 Å². The molecular formula is C15H14BrN3. The molecule has 3 nitrogen and oxygen atoms in total. The van der Waals surface area contributed by atoms with Crippen LogP contribution in [0.25, 0.3) is 22.4 Å². The normalized spacial score (nSPS) is 11.1. The quantitative estimate of drug-likeness (QED) is 0.692. The molecule has 0 atom stereocenters. The molecule has 2 N–H and O–H groups in total. The monoisotopic (exact) mass is 315 g/mol. The summed E-state index contributed by atoms with van der Waals surface area (Å²) >= 11 is 3.48. The average Bonchev–Trinajstić information content (AvgIpc) is 2.69. The summed E-state index contributed by atoms with van der Waals surface area (Å²) in [7, 11) is 2.01. The van der Waals surface area contributed by atoms with Crippen molar-refractivity contribution < 1.29 is 0 Å². The van der Waals surface area contributed by atoms with Crippen molar-refractivity contribution >= 4 is 32.7 Å². The first-order valence-corrected chi connectivity index (χ1v) is 6.84. The standard InChI is InChI=1S/C15H14BrN3/c1-9-3-6-14-13(7-9)18-15(19(14)2)11-8-10(16)4-5-12(11)17/h3-8H,17H2,1-2H3. The van der Waals surface area contributed by atoms with E-state index >= 15 is 0 Å². The SMILES string of the molecule is Cc1ccc2c(c1)nc(-c1cc(Br)ccc1N)n2C. The highest BCUT2D eigenvalue weighted by Crippen LogP contribution is 2.30. The molecule has 3 rings (SSSR count). The van der Waals surface area contributed by atoms with Gasteiger partial charge in [0.25, 0.3) is 0 Å². The number of benzene rings is 2. The van der Waals surface area contributed by atoms with Crippen molar-refractivity contribution in [2.24, 2.45) is 7.05 Å². The van der Waals surface area contributed by atoms with E-state index in [2.05, 4.69) is 45.6 Å². The lowest BCUT2D eigenvalue weighted by atomic mass is 10.2. The molecule has 3 aromatic rings. The first-order valence-electron chi connectivity index (χ1n) is 6.05. The number of hydrogen-bond acceptors (Lipinski definition) is 2. The van der Waals surface area contributed by atoms with Crippen LogP contribution in [-0.2, 0) is 7.05 Å². The lowest BCUT2D eigenvalue weighted by Crippen LogP contribution is -1.96. The largest absolute Gasteiger partial charge is 0.398 e. The molecule has 0 saturated heterocycles. The van der Waals surface area contributed by atoms with E-state index in [4.69, 9.17) is 10.7 Å². The number of aromatic nitrogens is 2. The van der Waals surface area contributed by atoms with Crippen LogP contribution in [0.3, 0.4) is 0 Å². The van der Waals surface area contributed by atoms with Crippen molar-refractivity contribution in [2.75, 3.05) is 5.73 Å². The highest BCUT2D eigenvalue weighted by atomic mass is 79.9. The number of nitrogens with two attached hydrogens (primary N) is 1. The van der Waals surface area contributed by atoms with E-state index in [1.165, 1.54) is 5.56 Å². The molecule has 1 aromatic heterocycles. The maximum atomic E-state index is 6.07. The second kappa shape index (κ2) is 4.38. The Morgan fingerprint density at radius 2 is 1.95 bits per heavy atom. The second-order valence-electron chi connectivity index (χ2n) is 4.72. The minimum Gasteiger partial charge on any atom is -0.398 e. The zero-order chi connectivity index (χ0) is 13.6. The van der Waals surface area contributed by atoms with Gasteiger partial charge in [0.05, 0.1) is 11.0 Å². The number of imidazole rings is 1. The Balaban J connectivity index is 2.30. The van der Waals surface area contributed by atoms with Crippen LogP contribution in [0.2, 0.25) is 0 Å². The van der Waals surface area contributed by atoms with Crippen LogP contribution in [0.4, 0.5) is 5.69 Å². The van der Waals surface area contributed by atoms with Gasteiger partial charge in [-0.15, -0.1) is 0 Å². The van der Waals surface area contributed by atoms with Gasteiger partial charge in [0.15, 0.2) is 0 Å². The highest BCUT2D eigenvalue weighted by Gasteiger charge is 2.12. The molecule has 2 aromatic carbocycles. The zero-order valence-corrected chi connectivity index (χ0v) is 12.4. The van der Waals surface area contributed by atoms with Gasteiger partial charge >= 0.3 is 0 Å². The molecule has 4 heteroatoms. The van der Waals surface area contributed by atoms with Crippen molar-refractivity contribution in [3.63, 3.8) is 0 Å². The van der Waals surface area contributed by atoms with Gasteiger partial charge in [0, 0.05) is 22.8 Å². The molecule has 0 bridgehead atoms. The van der Waals surface area contributed by atoms with Crippen LogP contribution >= 0.6 is 15.9 Å². The summed E-state index contributed by atoms with van der Waals surface area (Å²) in [5.74, 6) is 0.888. The lowest BCUT2D eigenvalue weighted by molar-refractivity contribution is 0.959. The second-order valence-corrected chi connectivity index (χ2v) is 5.63. The van der Waals surface area contributed by atoms with Crippen molar-refractivity contribution in [2.45, 2.75) is 6.92 Å².